The molecule has 160 valence electrons. The van der Waals surface area contributed by atoms with Crippen LogP contribution in [0.25, 0.3) is 0 Å². The van der Waals surface area contributed by atoms with Gasteiger partial charge in [0.05, 0.1) is 25.6 Å². The molecule has 0 aromatic heterocycles. The quantitative estimate of drug-likeness (QED) is 0.753. The number of carbonyl (C=O) groups excluding carboxylic acids is 2. The van der Waals surface area contributed by atoms with E-state index in [1.165, 1.54) is 6.92 Å². The van der Waals surface area contributed by atoms with Gasteiger partial charge < -0.3 is 15.0 Å². The lowest BCUT2D eigenvalue weighted by atomic mass is 9.98. The zero-order valence-electron chi connectivity index (χ0n) is 18.2. The molecule has 5 nitrogen and oxygen atoms in total. The fourth-order valence-electron chi connectivity index (χ4n) is 4.17. The van der Waals surface area contributed by atoms with Crippen LogP contribution in [0.5, 0.6) is 5.75 Å². The van der Waals surface area contributed by atoms with Crippen LogP contribution in [0.3, 0.4) is 0 Å². The summed E-state index contributed by atoms with van der Waals surface area (Å²) in [5.74, 6) is 0.767. The van der Waals surface area contributed by atoms with E-state index in [1.807, 2.05) is 48.2 Å². The second-order valence-electron chi connectivity index (χ2n) is 8.09. The lowest BCUT2D eigenvalue weighted by Gasteiger charge is -2.32. The highest BCUT2D eigenvalue weighted by atomic mass is 16.5. The van der Waals surface area contributed by atoms with Crippen molar-refractivity contribution >= 4 is 11.8 Å². The van der Waals surface area contributed by atoms with Gasteiger partial charge in [-0.2, -0.15) is 0 Å². The summed E-state index contributed by atoms with van der Waals surface area (Å²) in [6.45, 7) is 4.27. The van der Waals surface area contributed by atoms with Crippen LogP contribution in [0.1, 0.15) is 67.8 Å². The molecule has 1 aliphatic rings. The van der Waals surface area contributed by atoms with Gasteiger partial charge in [0, 0.05) is 13.5 Å². The number of amides is 2. The molecule has 1 saturated heterocycles. The van der Waals surface area contributed by atoms with Gasteiger partial charge in [-0.25, -0.2) is 0 Å². The van der Waals surface area contributed by atoms with Gasteiger partial charge in [-0.1, -0.05) is 54.8 Å². The smallest absolute Gasteiger partial charge is 0.225 e. The Morgan fingerprint density at radius 2 is 1.77 bits per heavy atom. The van der Waals surface area contributed by atoms with Crippen molar-refractivity contribution in [3.63, 3.8) is 0 Å². The van der Waals surface area contributed by atoms with Crippen molar-refractivity contribution in [3.8, 4) is 5.75 Å². The molecular weight excluding hydrogens is 376 g/mol. The van der Waals surface area contributed by atoms with Crippen LogP contribution in [-0.4, -0.2) is 30.4 Å². The Morgan fingerprint density at radius 1 is 1.07 bits per heavy atom. The molecule has 0 aliphatic carbocycles. The summed E-state index contributed by atoms with van der Waals surface area (Å²) >= 11 is 0. The van der Waals surface area contributed by atoms with E-state index in [-0.39, 0.29) is 30.3 Å². The maximum Gasteiger partial charge on any atom is 0.225 e. The van der Waals surface area contributed by atoms with Crippen molar-refractivity contribution in [1.29, 1.82) is 0 Å². The third kappa shape index (κ3) is 5.62. The minimum absolute atomic E-state index is 0.0573. The Balaban J connectivity index is 1.82. The molecule has 2 aromatic carbocycles. The first-order valence-corrected chi connectivity index (χ1v) is 10.7. The molecular formula is C25H32N2O3. The lowest BCUT2D eigenvalue weighted by molar-refractivity contribution is -0.134. The summed E-state index contributed by atoms with van der Waals surface area (Å²) in [5, 5.41) is 2.97. The van der Waals surface area contributed by atoms with E-state index in [2.05, 4.69) is 17.4 Å². The van der Waals surface area contributed by atoms with Crippen molar-refractivity contribution in [2.24, 2.45) is 0 Å². The molecule has 5 heteroatoms. The van der Waals surface area contributed by atoms with Crippen LogP contribution in [0.2, 0.25) is 0 Å². The summed E-state index contributed by atoms with van der Waals surface area (Å²) in [4.78, 5) is 27.3. The molecule has 1 aliphatic heterocycles. The molecule has 1 N–H and O–H groups in total. The predicted octanol–water partition coefficient (Wildman–Crippen LogP) is 4.71. The van der Waals surface area contributed by atoms with E-state index < -0.39 is 0 Å². The first-order chi connectivity index (χ1) is 14.5. The van der Waals surface area contributed by atoms with Crippen molar-refractivity contribution < 1.29 is 14.3 Å². The Kier molecular flexibility index (Phi) is 7.50. The molecule has 0 saturated carbocycles. The second-order valence-corrected chi connectivity index (χ2v) is 8.09. The Hall–Kier alpha value is -2.82. The number of hydrogen-bond acceptors (Lipinski definition) is 3. The van der Waals surface area contributed by atoms with Crippen LogP contribution in [-0.2, 0) is 9.59 Å². The minimum atomic E-state index is -0.324. The molecule has 30 heavy (non-hydrogen) atoms. The van der Waals surface area contributed by atoms with E-state index in [1.54, 1.807) is 7.11 Å². The monoisotopic (exact) mass is 408 g/mol. The van der Waals surface area contributed by atoms with Crippen LogP contribution in [0.4, 0.5) is 0 Å². The molecule has 0 bridgehead atoms. The zero-order chi connectivity index (χ0) is 21.5. The number of rotatable bonds is 6. The van der Waals surface area contributed by atoms with Gasteiger partial charge in [0.15, 0.2) is 0 Å². The van der Waals surface area contributed by atoms with Crippen LogP contribution < -0.4 is 10.1 Å². The SMILES string of the molecule is COc1ccc(C2CCCCCN2C(=O)CC(NC(C)=O)c2ccc(C)cc2)cc1. The number of nitrogens with one attached hydrogen (secondary N) is 1. The van der Waals surface area contributed by atoms with E-state index >= 15 is 0 Å². The molecule has 3 rings (SSSR count). The summed E-state index contributed by atoms with van der Waals surface area (Å²) in [6.07, 6.45) is 4.45. The maximum atomic E-state index is 13.4. The Labute approximate surface area is 179 Å². The van der Waals surface area contributed by atoms with Crippen molar-refractivity contribution in [2.75, 3.05) is 13.7 Å². The van der Waals surface area contributed by atoms with Gasteiger partial charge in [0.25, 0.3) is 0 Å². The largest absolute Gasteiger partial charge is 0.497 e. The van der Waals surface area contributed by atoms with Crippen molar-refractivity contribution in [3.05, 3.63) is 65.2 Å². The number of aryl methyl sites for hydroxylation is 1. The van der Waals surface area contributed by atoms with Gasteiger partial charge in [-0.05, 0) is 43.0 Å². The number of carbonyl (C=O) groups is 2. The van der Waals surface area contributed by atoms with Crippen molar-refractivity contribution in [1.82, 2.24) is 10.2 Å². The highest BCUT2D eigenvalue weighted by molar-refractivity contribution is 5.79. The van der Waals surface area contributed by atoms with E-state index in [0.717, 1.165) is 54.7 Å². The van der Waals surface area contributed by atoms with E-state index in [9.17, 15) is 9.59 Å². The summed E-state index contributed by atoms with van der Waals surface area (Å²) in [6, 6.07) is 15.8. The summed E-state index contributed by atoms with van der Waals surface area (Å²) < 4.78 is 5.28. The first-order valence-electron chi connectivity index (χ1n) is 10.7. The Morgan fingerprint density at radius 3 is 2.40 bits per heavy atom. The van der Waals surface area contributed by atoms with Gasteiger partial charge in [0.2, 0.25) is 11.8 Å². The normalized spacial score (nSPS) is 17.7. The van der Waals surface area contributed by atoms with Crippen molar-refractivity contribution in [2.45, 2.75) is 58.0 Å². The highest BCUT2D eigenvalue weighted by Crippen LogP contribution is 2.32. The minimum Gasteiger partial charge on any atom is -0.497 e. The van der Waals surface area contributed by atoms with Gasteiger partial charge >= 0.3 is 0 Å². The summed E-state index contributed by atoms with van der Waals surface area (Å²) in [7, 11) is 1.66. The average molecular weight is 409 g/mol. The molecule has 0 spiro atoms. The second kappa shape index (κ2) is 10.3. The molecule has 2 aromatic rings. The molecule has 2 unspecified atom stereocenters. The standard InChI is InChI=1S/C25H32N2O3/c1-18-8-10-20(11-9-18)23(26-19(2)28)17-25(29)27-16-6-4-5-7-24(27)21-12-14-22(30-3)15-13-21/h8-15,23-24H,4-7,16-17H2,1-3H3,(H,26,28). The first kappa shape index (κ1) is 21.9. The number of ether oxygens (including phenoxy) is 1. The summed E-state index contributed by atoms with van der Waals surface area (Å²) in [5.41, 5.74) is 3.25. The fraction of sp³-hybridized carbons (Fsp3) is 0.440. The number of benzene rings is 2. The third-order valence-corrected chi connectivity index (χ3v) is 5.81. The highest BCUT2D eigenvalue weighted by Gasteiger charge is 2.29. The molecule has 1 fully saturated rings. The maximum absolute atomic E-state index is 13.4. The van der Waals surface area contributed by atoms with Gasteiger partial charge in [0.1, 0.15) is 5.75 Å². The topological polar surface area (TPSA) is 58.6 Å². The molecule has 0 radical (unpaired) electrons. The van der Waals surface area contributed by atoms with Gasteiger partial charge in [-0.3, -0.25) is 9.59 Å². The number of hydrogen-bond donors (Lipinski definition) is 1. The third-order valence-electron chi connectivity index (χ3n) is 5.81. The Bertz CT molecular complexity index is 846. The zero-order valence-corrected chi connectivity index (χ0v) is 18.2. The van der Waals surface area contributed by atoms with Crippen LogP contribution in [0.15, 0.2) is 48.5 Å². The van der Waals surface area contributed by atoms with E-state index in [4.69, 9.17) is 4.74 Å². The molecule has 2 amide bonds. The average Bonchev–Trinajstić information content (AvgIpc) is 3.00. The lowest BCUT2D eigenvalue weighted by Crippen LogP contribution is -2.38. The van der Waals surface area contributed by atoms with Crippen LogP contribution in [0, 0.1) is 6.92 Å². The predicted molar refractivity (Wildman–Crippen MR) is 118 cm³/mol. The van der Waals surface area contributed by atoms with Gasteiger partial charge in [-0.15, -0.1) is 0 Å². The number of methoxy groups -OCH3 is 1. The van der Waals surface area contributed by atoms with Crippen LogP contribution >= 0.6 is 0 Å². The van der Waals surface area contributed by atoms with E-state index in [0.29, 0.717) is 0 Å². The number of likely N-dealkylation sites (tertiary alicyclic amines) is 1. The fourth-order valence-corrected chi connectivity index (χ4v) is 4.17. The molecule has 2 atom stereocenters. The molecule has 1 heterocycles. The number of nitrogens with zero attached hydrogens (tertiary/aromatic N) is 1.